The Morgan fingerprint density at radius 1 is 0.906 bits per heavy atom. The van der Waals surface area contributed by atoms with Gasteiger partial charge in [0.25, 0.3) is 11.8 Å². The first kappa shape index (κ1) is 21.2. The van der Waals surface area contributed by atoms with Gasteiger partial charge in [-0.15, -0.1) is 0 Å². The summed E-state index contributed by atoms with van der Waals surface area (Å²) in [5, 5.41) is 5.50. The second-order valence-electron chi connectivity index (χ2n) is 7.57. The molecule has 5 nitrogen and oxygen atoms in total. The Hall–Kier alpha value is -4.00. The van der Waals surface area contributed by atoms with Crippen molar-refractivity contribution in [3.05, 3.63) is 95.1 Å². The summed E-state index contributed by atoms with van der Waals surface area (Å²) in [6.07, 6.45) is 3.10. The summed E-state index contributed by atoms with van der Waals surface area (Å²) in [6.45, 7) is 0. The highest BCUT2D eigenvalue weighted by atomic mass is 19.1. The van der Waals surface area contributed by atoms with Crippen LogP contribution in [0.25, 0.3) is 11.6 Å². The average molecular weight is 433 g/mol. The van der Waals surface area contributed by atoms with Gasteiger partial charge in [0.1, 0.15) is 11.6 Å². The van der Waals surface area contributed by atoms with Gasteiger partial charge in [0.2, 0.25) is 0 Å². The van der Waals surface area contributed by atoms with E-state index in [1.54, 1.807) is 48.5 Å². The van der Waals surface area contributed by atoms with Gasteiger partial charge < -0.3 is 16.4 Å². The molecule has 1 saturated carbocycles. The molecule has 0 aromatic heterocycles. The number of anilines is 2. The molecule has 4 rings (SSSR count). The van der Waals surface area contributed by atoms with Crippen LogP contribution in [-0.4, -0.2) is 17.9 Å². The van der Waals surface area contributed by atoms with Crippen LogP contribution < -0.4 is 16.4 Å². The van der Waals surface area contributed by atoms with Gasteiger partial charge in [-0.1, -0.05) is 30.3 Å². The molecule has 0 radical (unpaired) electrons. The van der Waals surface area contributed by atoms with Crippen LogP contribution in [0.5, 0.6) is 0 Å². The lowest BCUT2D eigenvalue weighted by atomic mass is 10.00. The number of nitrogen functional groups attached to an aromatic ring is 1. The Labute approximate surface area is 183 Å². The smallest absolute Gasteiger partial charge is 0.255 e. The second kappa shape index (κ2) is 9.01. The third-order valence-electron chi connectivity index (χ3n) is 5.08. The summed E-state index contributed by atoms with van der Waals surface area (Å²) < 4.78 is 28.8. The van der Waals surface area contributed by atoms with Gasteiger partial charge in [-0.3, -0.25) is 9.59 Å². The average Bonchev–Trinajstić information content (AvgIpc) is 3.59. The molecule has 7 heteroatoms. The summed E-state index contributed by atoms with van der Waals surface area (Å²) in [6, 6.07) is 16.7. The minimum atomic E-state index is -0.821. The summed E-state index contributed by atoms with van der Waals surface area (Å²) in [5.74, 6) is -2.54. The van der Waals surface area contributed by atoms with Crippen LogP contribution in [0, 0.1) is 11.6 Å². The van der Waals surface area contributed by atoms with Crippen LogP contribution in [0.3, 0.4) is 0 Å². The van der Waals surface area contributed by atoms with Crippen molar-refractivity contribution in [2.45, 2.75) is 18.9 Å². The van der Waals surface area contributed by atoms with E-state index in [1.165, 1.54) is 12.1 Å². The number of benzene rings is 3. The van der Waals surface area contributed by atoms with Crippen molar-refractivity contribution in [3.63, 3.8) is 0 Å². The molecule has 0 bridgehead atoms. The molecular formula is C25H21F2N3O2. The van der Waals surface area contributed by atoms with Gasteiger partial charge >= 0.3 is 0 Å². The summed E-state index contributed by atoms with van der Waals surface area (Å²) in [4.78, 5) is 25.2. The second-order valence-corrected chi connectivity index (χ2v) is 7.57. The highest BCUT2D eigenvalue weighted by Crippen LogP contribution is 2.27. The molecule has 1 aliphatic carbocycles. The molecule has 32 heavy (non-hydrogen) atoms. The molecule has 4 N–H and O–H groups in total. The van der Waals surface area contributed by atoms with E-state index in [0.29, 0.717) is 22.5 Å². The maximum Gasteiger partial charge on any atom is 0.255 e. The summed E-state index contributed by atoms with van der Waals surface area (Å²) in [5.41, 5.74) is 7.18. The van der Waals surface area contributed by atoms with Gasteiger partial charge in [0, 0.05) is 11.6 Å². The Morgan fingerprint density at radius 2 is 1.56 bits per heavy atom. The quantitative estimate of drug-likeness (QED) is 0.301. The molecule has 0 heterocycles. The van der Waals surface area contributed by atoms with Gasteiger partial charge in [0.05, 0.1) is 22.5 Å². The highest BCUT2D eigenvalue weighted by Gasteiger charge is 2.27. The fraction of sp³-hybridized carbons (Fsp3) is 0.120. The van der Waals surface area contributed by atoms with Gasteiger partial charge in [0.15, 0.2) is 0 Å². The summed E-state index contributed by atoms with van der Waals surface area (Å²) >= 11 is 0. The Morgan fingerprint density at radius 3 is 2.19 bits per heavy atom. The van der Waals surface area contributed by atoms with Crippen LogP contribution >= 0.6 is 0 Å². The van der Waals surface area contributed by atoms with Crippen LogP contribution in [-0.2, 0) is 4.79 Å². The van der Waals surface area contributed by atoms with E-state index in [9.17, 15) is 18.4 Å². The number of nitrogens with two attached hydrogens (primary N) is 1. The van der Waals surface area contributed by atoms with E-state index >= 15 is 0 Å². The van der Waals surface area contributed by atoms with Crippen LogP contribution in [0.4, 0.5) is 20.2 Å². The minimum Gasteiger partial charge on any atom is -0.397 e. The number of para-hydroxylation sites is 2. The number of carbonyl (C=O) groups excluding carboxylic acids is 2. The van der Waals surface area contributed by atoms with E-state index < -0.39 is 17.5 Å². The molecule has 0 spiro atoms. The molecule has 3 aromatic carbocycles. The molecule has 1 aliphatic rings. The highest BCUT2D eigenvalue weighted by molar-refractivity contribution is 6.24. The number of carbonyl (C=O) groups is 2. The first-order chi connectivity index (χ1) is 15.4. The predicted octanol–water partition coefficient (Wildman–Crippen LogP) is 4.62. The van der Waals surface area contributed by atoms with Crippen LogP contribution in [0.2, 0.25) is 0 Å². The zero-order valence-electron chi connectivity index (χ0n) is 17.1. The van der Waals surface area contributed by atoms with Crippen molar-refractivity contribution in [1.82, 2.24) is 5.32 Å². The van der Waals surface area contributed by atoms with Crippen molar-refractivity contribution in [1.29, 1.82) is 0 Å². The van der Waals surface area contributed by atoms with Gasteiger partial charge in [-0.2, -0.15) is 0 Å². The molecule has 0 aliphatic heterocycles. The number of hydrogen-bond acceptors (Lipinski definition) is 3. The van der Waals surface area contributed by atoms with Crippen molar-refractivity contribution in [2.75, 3.05) is 11.1 Å². The van der Waals surface area contributed by atoms with Crippen molar-refractivity contribution in [2.24, 2.45) is 0 Å². The number of nitrogens with one attached hydrogen (secondary N) is 2. The molecule has 2 amide bonds. The van der Waals surface area contributed by atoms with E-state index in [0.717, 1.165) is 25.0 Å². The first-order valence-corrected chi connectivity index (χ1v) is 10.2. The zero-order chi connectivity index (χ0) is 22.7. The van der Waals surface area contributed by atoms with Crippen LogP contribution in [0.15, 0.2) is 66.7 Å². The lowest BCUT2D eigenvalue weighted by molar-refractivity contribution is -0.115. The fourth-order valence-electron chi connectivity index (χ4n) is 3.20. The maximum atomic E-state index is 14.4. The molecule has 162 valence electrons. The van der Waals surface area contributed by atoms with E-state index in [2.05, 4.69) is 10.6 Å². The number of halogens is 2. The summed E-state index contributed by atoms with van der Waals surface area (Å²) in [7, 11) is 0. The van der Waals surface area contributed by atoms with E-state index in [4.69, 9.17) is 5.73 Å². The molecule has 3 aromatic rings. The topological polar surface area (TPSA) is 84.2 Å². The SMILES string of the molecule is Nc1ccccc1NC(=O)c1ccc(/C=C(/C(=O)NC2CC2)c2c(F)cccc2F)cc1. The number of rotatable bonds is 6. The normalized spacial score (nSPS) is 13.5. The maximum absolute atomic E-state index is 14.4. The van der Waals surface area contributed by atoms with Crippen LogP contribution in [0.1, 0.15) is 34.3 Å². The third-order valence-corrected chi connectivity index (χ3v) is 5.08. The fourth-order valence-corrected chi connectivity index (χ4v) is 3.20. The molecule has 0 saturated heterocycles. The first-order valence-electron chi connectivity index (χ1n) is 10.2. The Kier molecular flexibility index (Phi) is 5.98. The zero-order valence-corrected chi connectivity index (χ0v) is 17.1. The largest absolute Gasteiger partial charge is 0.397 e. The Balaban J connectivity index is 1.61. The minimum absolute atomic E-state index is 0.0252. The number of hydrogen-bond donors (Lipinski definition) is 3. The lowest BCUT2D eigenvalue weighted by Gasteiger charge is -2.11. The van der Waals surface area contributed by atoms with Crippen molar-refractivity contribution < 1.29 is 18.4 Å². The standard InChI is InChI=1S/C25H21F2N3O2/c26-19-4-3-5-20(27)23(19)18(25(32)29-17-12-13-17)14-15-8-10-16(11-9-15)24(31)30-22-7-2-1-6-21(22)28/h1-11,14,17H,12-13,28H2,(H,29,32)(H,30,31)/b18-14+. The Bertz CT molecular complexity index is 1180. The van der Waals surface area contributed by atoms with Gasteiger partial charge in [-0.05, 0) is 60.9 Å². The van der Waals surface area contributed by atoms with Crippen molar-refractivity contribution >= 4 is 34.8 Å². The molecular weight excluding hydrogens is 412 g/mol. The van der Waals surface area contributed by atoms with E-state index in [-0.39, 0.29) is 23.1 Å². The van der Waals surface area contributed by atoms with Crippen molar-refractivity contribution in [3.8, 4) is 0 Å². The molecule has 0 atom stereocenters. The monoisotopic (exact) mass is 433 g/mol. The molecule has 0 unspecified atom stereocenters. The third kappa shape index (κ3) is 4.83. The lowest BCUT2D eigenvalue weighted by Crippen LogP contribution is -2.27. The predicted molar refractivity (Wildman–Crippen MR) is 121 cm³/mol. The number of amides is 2. The van der Waals surface area contributed by atoms with Gasteiger partial charge in [-0.25, -0.2) is 8.78 Å². The molecule has 1 fully saturated rings. The van der Waals surface area contributed by atoms with E-state index in [1.807, 2.05) is 0 Å².